The molecule has 45 heavy (non-hydrogen) atoms. The Labute approximate surface area is 271 Å². The molecule has 3 N–H and O–H groups in total. The molecule has 1 fully saturated rings. The molecule has 2 aromatic carbocycles. The lowest BCUT2D eigenvalue weighted by molar-refractivity contribution is 0.0943. The van der Waals surface area contributed by atoms with Crippen molar-refractivity contribution < 1.29 is 13.6 Å². The van der Waals surface area contributed by atoms with Crippen LogP contribution in [0.2, 0.25) is 0 Å². The topological polar surface area (TPSA) is 77.3 Å². The van der Waals surface area contributed by atoms with E-state index in [-0.39, 0.29) is 24.5 Å². The van der Waals surface area contributed by atoms with Crippen LogP contribution >= 0.6 is 0 Å². The Morgan fingerprint density at radius 3 is 2.07 bits per heavy atom. The summed E-state index contributed by atoms with van der Waals surface area (Å²) >= 11 is 0. The van der Waals surface area contributed by atoms with E-state index in [9.17, 15) is 13.6 Å². The first-order chi connectivity index (χ1) is 21.0. The Bertz CT molecular complexity index is 1330. The zero-order chi connectivity index (χ0) is 33.7. The molecule has 246 valence electrons. The van der Waals surface area contributed by atoms with Crippen molar-refractivity contribution in [1.29, 1.82) is 5.41 Å². The number of amides is 1. The third kappa shape index (κ3) is 15.3. The number of rotatable bonds is 8. The normalized spacial score (nSPS) is 13.0. The molecule has 0 atom stereocenters. The van der Waals surface area contributed by atoms with E-state index >= 15 is 0 Å². The van der Waals surface area contributed by atoms with Crippen LogP contribution in [0, 0.1) is 49.7 Å². The number of nitrogens with zero attached hydrogens (tertiary/aromatic N) is 1. The van der Waals surface area contributed by atoms with Crippen LogP contribution in [0.15, 0.2) is 66.0 Å². The van der Waals surface area contributed by atoms with Gasteiger partial charge >= 0.3 is 0 Å². The average molecular weight is 621 g/mol. The number of aliphatic imine (C=N–C) groups is 1. The van der Waals surface area contributed by atoms with Gasteiger partial charge in [-0.3, -0.25) is 9.79 Å². The van der Waals surface area contributed by atoms with E-state index in [4.69, 9.17) is 5.41 Å². The number of hydrogen-bond donors (Lipinski definition) is 3. The van der Waals surface area contributed by atoms with E-state index in [0.717, 1.165) is 17.8 Å². The van der Waals surface area contributed by atoms with Crippen molar-refractivity contribution in [1.82, 2.24) is 5.32 Å². The number of aryl methyl sites for hydroxylation is 2. The number of allylic oxidation sites excluding steroid dienone is 4. The molecule has 0 spiro atoms. The van der Waals surface area contributed by atoms with Gasteiger partial charge in [-0.1, -0.05) is 57.6 Å². The van der Waals surface area contributed by atoms with Crippen molar-refractivity contribution in [2.75, 3.05) is 11.9 Å². The number of benzene rings is 2. The first kappa shape index (κ1) is 42.8. The summed E-state index contributed by atoms with van der Waals surface area (Å²) in [7, 11) is 0. The maximum absolute atomic E-state index is 14.2. The summed E-state index contributed by atoms with van der Waals surface area (Å²) in [6.07, 6.45) is 20.9. The minimum Gasteiger partial charge on any atom is -0.355 e. The lowest BCUT2D eigenvalue weighted by Crippen LogP contribution is -2.30. The standard InChI is InChI=1S/C29H35F2N3O.C4H8.C2H5N.C2H2.CH4/c1-18-11-13-25(28(31)27(18)30)20(3)16-32-21(4)22(5)34-24-12-14-26(19(2)15-24)29(35)33-17-23-9-7-6-8-10-23;1-3-4-2;1-2-3;1-2;/h11-16,23,34H,5-10,17H2,1-4H3,(H,33,35);3-4H,1-2H3;2-3H,1H3;1-2H;1H4/b20-16+,32-21?;4-3-;;;. The lowest BCUT2D eigenvalue weighted by atomic mass is 9.89. The molecule has 0 aromatic heterocycles. The van der Waals surface area contributed by atoms with Gasteiger partial charge in [0.15, 0.2) is 11.6 Å². The lowest BCUT2D eigenvalue weighted by Gasteiger charge is -2.22. The van der Waals surface area contributed by atoms with Crippen LogP contribution in [0.1, 0.15) is 101 Å². The average Bonchev–Trinajstić information content (AvgIpc) is 3.03. The summed E-state index contributed by atoms with van der Waals surface area (Å²) in [5.41, 5.74) is 4.43. The van der Waals surface area contributed by atoms with Crippen LogP contribution in [0.4, 0.5) is 14.5 Å². The molecule has 0 saturated heterocycles. The van der Waals surface area contributed by atoms with E-state index in [1.807, 2.05) is 51.1 Å². The summed E-state index contributed by atoms with van der Waals surface area (Å²) in [4.78, 5) is 17.0. The van der Waals surface area contributed by atoms with Crippen LogP contribution in [-0.4, -0.2) is 24.4 Å². The van der Waals surface area contributed by atoms with Gasteiger partial charge in [0, 0.05) is 29.6 Å². The zero-order valence-electron chi connectivity index (χ0n) is 27.5. The Hall–Kier alpha value is -4.31. The van der Waals surface area contributed by atoms with Gasteiger partial charge in [-0.2, -0.15) is 0 Å². The van der Waals surface area contributed by atoms with Crippen molar-refractivity contribution >= 4 is 29.1 Å². The minimum absolute atomic E-state index is 0. The molecule has 5 nitrogen and oxygen atoms in total. The fourth-order valence-electron chi connectivity index (χ4n) is 4.28. The molecule has 0 aliphatic heterocycles. The van der Waals surface area contributed by atoms with Crippen molar-refractivity contribution in [3.8, 4) is 12.8 Å². The second kappa shape index (κ2) is 24.1. The van der Waals surface area contributed by atoms with Crippen LogP contribution < -0.4 is 10.6 Å². The van der Waals surface area contributed by atoms with E-state index in [0.29, 0.717) is 28.5 Å². The monoisotopic (exact) mass is 620 g/mol. The van der Waals surface area contributed by atoms with Gasteiger partial charge in [-0.25, -0.2) is 8.78 Å². The van der Waals surface area contributed by atoms with E-state index in [1.54, 1.807) is 32.9 Å². The molecule has 7 heteroatoms. The largest absolute Gasteiger partial charge is 0.355 e. The minimum atomic E-state index is -0.873. The molecule has 0 bridgehead atoms. The molecular formula is C38H54F2N4O. The number of terminal acetylenes is 1. The van der Waals surface area contributed by atoms with Gasteiger partial charge in [0.2, 0.25) is 0 Å². The van der Waals surface area contributed by atoms with Gasteiger partial charge in [0.1, 0.15) is 0 Å². The molecule has 0 heterocycles. The Morgan fingerprint density at radius 2 is 1.53 bits per heavy atom. The number of carbonyl (C=O) groups is 1. The Kier molecular flexibility index (Phi) is 22.9. The second-order valence-corrected chi connectivity index (χ2v) is 10.4. The molecular weight excluding hydrogens is 566 g/mol. The summed E-state index contributed by atoms with van der Waals surface area (Å²) in [6.45, 7) is 17.3. The highest BCUT2D eigenvalue weighted by Crippen LogP contribution is 2.24. The summed E-state index contributed by atoms with van der Waals surface area (Å²) in [5, 5.41) is 12.4. The maximum Gasteiger partial charge on any atom is 0.251 e. The summed E-state index contributed by atoms with van der Waals surface area (Å²) < 4.78 is 28.1. The molecule has 0 radical (unpaired) electrons. The zero-order valence-corrected chi connectivity index (χ0v) is 27.5. The molecule has 1 saturated carbocycles. The first-order valence-electron chi connectivity index (χ1n) is 14.9. The Morgan fingerprint density at radius 1 is 0.978 bits per heavy atom. The highest BCUT2D eigenvalue weighted by atomic mass is 19.2. The molecule has 2 aromatic rings. The quantitative estimate of drug-likeness (QED) is 0.156. The van der Waals surface area contributed by atoms with Gasteiger partial charge in [-0.05, 0) is 108 Å². The van der Waals surface area contributed by atoms with Crippen molar-refractivity contribution in [2.24, 2.45) is 10.9 Å². The van der Waals surface area contributed by atoms with Gasteiger partial charge in [-0.15, -0.1) is 12.8 Å². The molecule has 1 aliphatic carbocycles. The summed E-state index contributed by atoms with van der Waals surface area (Å²) in [5.74, 6) is -1.18. The third-order valence-corrected chi connectivity index (χ3v) is 6.96. The third-order valence-electron chi connectivity index (χ3n) is 6.96. The van der Waals surface area contributed by atoms with Crippen LogP contribution in [0.5, 0.6) is 0 Å². The molecule has 0 unspecified atom stereocenters. The maximum atomic E-state index is 14.2. The number of halogens is 2. The first-order valence-corrected chi connectivity index (χ1v) is 14.9. The smallest absolute Gasteiger partial charge is 0.251 e. The second-order valence-electron chi connectivity index (χ2n) is 10.4. The van der Waals surface area contributed by atoms with Crippen LogP contribution in [-0.2, 0) is 0 Å². The number of anilines is 1. The predicted molar refractivity (Wildman–Crippen MR) is 192 cm³/mol. The predicted octanol–water partition coefficient (Wildman–Crippen LogP) is 10.5. The van der Waals surface area contributed by atoms with Gasteiger partial charge in [0.05, 0.1) is 11.4 Å². The molecule has 1 aliphatic rings. The number of hydrogen-bond acceptors (Lipinski definition) is 4. The fourth-order valence-corrected chi connectivity index (χ4v) is 4.28. The van der Waals surface area contributed by atoms with Crippen LogP contribution in [0.25, 0.3) is 5.57 Å². The Balaban J connectivity index is 0. The van der Waals surface area contributed by atoms with Crippen molar-refractivity contribution in [2.45, 2.75) is 88.0 Å². The van der Waals surface area contributed by atoms with Crippen molar-refractivity contribution in [3.05, 3.63) is 94.8 Å². The molecule has 3 rings (SSSR count). The number of carbonyl (C=O) groups excluding carboxylic acids is 1. The summed E-state index contributed by atoms with van der Waals surface area (Å²) in [6, 6.07) is 8.65. The highest BCUT2D eigenvalue weighted by molar-refractivity contribution is 6.01. The SMILES string of the molecule is C.C#C.C/C=C\C.C=C(Nc1ccc(C(=O)NCC2CCCCC2)c(C)c1)C(C)=N/C=C(\C)c1ccc(C)c(F)c1F.CC=N. The van der Waals surface area contributed by atoms with Gasteiger partial charge < -0.3 is 16.0 Å². The highest BCUT2D eigenvalue weighted by Gasteiger charge is 2.16. The van der Waals surface area contributed by atoms with E-state index < -0.39 is 11.6 Å². The molecule has 1 amide bonds. The van der Waals surface area contributed by atoms with E-state index in [2.05, 4.69) is 35.1 Å². The number of nitrogens with one attached hydrogen (secondary N) is 3. The van der Waals surface area contributed by atoms with Crippen molar-refractivity contribution in [3.63, 3.8) is 0 Å². The fraction of sp³-hybridized carbons (Fsp3) is 0.395. The van der Waals surface area contributed by atoms with Crippen LogP contribution in [0.3, 0.4) is 0 Å². The van der Waals surface area contributed by atoms with Gasteiger partial charge in [0.25, 0.3) is 5.91 Å². The van der Waals surface area contributed by atoms with E-state index in [1.165, 1.54) is 51.4 Å².